The fourth-order valence-electron chi connectivity index (χ4n) is 2.13. The van der Waals surface area contributed by atoms with E-state index in [-0.39, 0.29) is 5.91 Å². The first kappa shape index (κ1) is 16.1. The zero-order chi connectivity index (χ0) is 16.1. The Balaban J connectivity index is 2.10. The number of hydrogen-bond acceptors (Lipinski definition) is 2. The molecule has 2 rings (SSSR count). The number of carbonyl (C=O) groups excluding carboxylic acids is 1. The number of amides is 1. The number of nitrogen functional groups attached to an aromatic ring is 1. The Morgan fingerprint density at radius 3 is 2.64 bits per heavy atom. The van der Waals surface area contributed by atoms with E-state index in [2.05, 4.69) is 19.2 Å². The number of carbonyl (C=O) groups is 1. The van der Waals surface area contributed by atoms with Crippen molar-refractivity contribution in [3.63, 3.8) is 0 Å². The zero-order valence-electron chi connectivity index (χ0n) is 12.6. The molecule has 0 bridgehead atoms. The second kappa shape index (κ2) is 7.14. The van der Waals surface area contributed by atoms with Gasteiger partial charge in [-0.05, 0) is 41.3 Å². The van der Waals surface area contributed by atoms with Crippen LogP contribution < -0.4 is 11.1 Å². The van der Waals surface area contributed by atoms with Crippen molar-refractivity contribution in [2.24, 2.45) is 0 Å². The van der Waals surface area contributed by atoms with Gasteiger partial charge in [0, 0.05) is 11.8 Å². The number of para-hydroxylation sites is 1. The van der Waals surface area contributed by atoms with Gasteiger partial charge in [-0.25, -0.2) is 0 Å². The lowest BCUT2D eigenvalue weighted by atomic mass is 10.0. The van der Waals surface area contributed by atoms with Crippen LogP contribution in [-0.4, -0.2) is 5.91 Å². The van der Waals surface area contributed by atoms with Gasteiger partial charge in [0.25, 0.3) is 0 Å². The third-order valence-electron chi connectivity index (χ3n) is 3.29. The van der Waals surface area contributed by atoms with Gasteiger partial charge in [-0.1, -0.05) is 49.7 Å². The lowest BCUT2D eigenvalue weighted by Gasteiger charge is -2.12. The molecule has 0 aliphatic carbocycles. The van der Waals surface area contributed by atoms with Crippen molar-refractivity contribution >= 4 is 35.0 Å². The van der Waals surface area contributed by atoms with Gasteiger partial charge in [-0.15, -0.1) is 0 Å². The van der Waals surface area contributed by atoms with E-state index in [0.29, 0.717) is 16.6 Å². The van der Waals surface area contributed by atoms with Crippen molar-refractivity contribution in [1.82, 2.24) is 0 Å². The maximum absolute atomic E-state index is 12.1. The van der Waals surface area contributed by atoms with Crippen molar-refractivity contribution < 1.29 is 4.79 Å². The Morgan fingerprint density at radius 1 is 1.23 bits per heavy atom. The van der Waals surface area contributed by atoms with Gasteiger partial charge in [0.05, 0.1) is 10.7 Å². The van der Waals surface area contributed by atoms with Crippen LogP contribution in [0.1, 0.15) is 30.9 Å². The Morgan fingerprint density at radius 2 is 1.95 bits per heavy atom. The Bertz CT molecular complexity index is 708. The zero-order valence-corrected chi connectivity index (χ0v) is 13.4. The van der Waals surface area contributed by atoms with E-state index in [0.717, 1.165) is 16.8 Å². The first-order valence-electron chi connectivity index (χ1n) is 7.10. The largest absolute Gasteiger partial charge is 0.398 e. The Hall–Kier alpha value is -2.26. The van der Waals surface area contributed by atoms with E-state index in [1.165, 1.54) is 6.08 Å². The maximum atomic E-state index is 12.1. The lowest BCUT2D eigenvalue weighted by molar-refractivity contribution is -0.111. The molecule has 0 fully saturated rings. The summed E-state index contributed by atoms with van der Waals surface area (Å²) in [5.74, 6) is 0.165. The molecule has 3 nitrogen and oxygen atoms in total. The standard InChI is InChI=1S/C18H19ClN2O/c1-12(2)14-5-3-4-6-17(14)21-18(22)10-8-13-7-9-15(19)16(20)11-13/h3-12H,20H2,1-2H3,(H,21,22)/b10-8+. The number of benzene rings is 2. The molecule has 114 valence electrons. The first-order valence-corrected chi connectivity index (χ1v) is 7.48. The monoisotopic (exact) mass is 314 g/mol. The normalized spacial score (nSPS) is 11.1. The lowest BCUT2D eigenvalue weighted by Crippen LogP contribution is -2.10. The molecule has 0 atom stereocenters. The van der Waals surface area contributed by atoms with Gasteiger partial charge >= 0.3 is 0 Å². The first-order chi connectivity index (χ1) is 10.5. The van der Waals surface area contributed by atoms with E-state index in [9.17, 15) is 4.79 Å². The molecule has 22 heavy (non-hydrogen) atoms. The molecule has 4 heteroatoms. The molecular weight excluding hydrogens is 296 g/mol. The van der Waals surface area contributed by atoms with E-state index < -0.39 is 0 Å². The van der Waals surface area contributed by atoms with Crippen LogP contribution in [0.3, 0.4) is 0 Å². The minimum absolute atomic E-state index is 0.179. The third kappa shape index (κ3) is 4.12. The summed E-state index contributed by atoms with van der Waals surface area (Å²) in [6.07, 6.45) is 3.19. The molecule has 0 aliphatic rings. The van der Waals surface area contributed by atoms with Crippen molar-refractivity contribution in [1.29, 1.82) is 0 Å². The molecular formula is C18H19ClN2O. The Kier molecular flexibility index (Phi) is 5.23. The molecule has 2 aromatic carbocycles. The topological polar surface area (TPSA) is 55.1 Å². The quantitative estimate of drug-likeness (QED) is 0.635. The Labute approximate surface area is 135 Å². The minimum Gasteiger partial charge on any atom is -0.398 e. The van der Waals surface area contributed by atoms with Gasteiger partial charge in [-0.2, -0.15) is 0 Å². The van der Waals surface area contributed by atoms with E-state index in [1.54, 1.807) is 18.2 Å². The molecule has 3 N–H and O–H groups in total. The van der Waals surface area contributed by atoms with Gasteiger partial charge in [0.1, 0.15) is 0 Å². The van der Waals surface area contributed by atoms with E-state index >= 15 is 0 Å². The molecule has 0 unspecified atom stereocenters. The highest BCUT2D eigenvalue weighted by atomic mass is 35.5. The highest BCUT2D eigenvalue weighted by Crippen LogP contribution is 2.24. The minimum atomic E-state index is -0.179. The number of hydrogen-bond donors (Lipinski definition) is 2. The SMILES string of the molecule is CC(C)c1ccccc1NC(=O)/C=C/c1ccc(Cl)c(N)c1. The van der Waals surface area contributed by atoms with Crippen molar-refractivity contribution in [3.05, 3.63) is 64.7 Å². The second-order valence-electron chi connectivity index (χ2n) is 5.35. The number of rotatable bonds is 4. The number of anilines is 2. The fraction of sp³-hybridized carbons (Fsp3) is 0.167. The summed E-state index contributed by atoms with van der Waals surface area (Å²) < 4.78 is 0. The highest BCUT2D eigenvalue weighted by Gasteiger charge is 2.07. The smallest absolute Gasteiger partial charge is 0.248 e. The molecule has 0 saturated heterocycles. The van der Waals surface area contributed by atoms with E-state index in [4.69, 9.17) is 17.3 Å². The van der Waals surface area contributed by atoms with Gasteiger partial charge < -0.3 is 11.1 Å². The summed E-state index contributed by atoms with van der Waals surface area (Å²) in [5.41, 5.74) is 9.01. The molecule has 0 radical (unpaired) electrons. The summed E-state index contributed by atoms with van der Waals surface area (Å²) >= 11 is 5.87. The van der Waals surface area contributed by atoms with Crippen LogP contribution in [0, 0.1) is 0 Å². The highest BCUT2D eigenvalue weighted by molar-refractivity contribution is 6.33. The number of nitrogens with two attached hydrogens (primary N) is 1. The summed E-state index contributed by atoms with van der Waals surface area (Å²) in [4.78, 5) is 12.1. The van der Waals surface area contributed by atoms with Crippen LogP contribution in [0.4, 0.5) is 11.4 Å². The fourth-order valence-corrected chi connectivity index (χ4v) is 2.24. The number of halogens is 1. The summed E-state index contributed by atoms with van der Waals surface area (Å²) in [6, 6.07) is 13.1. The predicted octanol–water partition coefficient (Wildman–Crippen LogP) is 4.70. The molecule has 0 aliphatic heterocycles. The van der Waals surface area contributed by atoms with Crippen molar-refractivity contribution in [2.45, 2.75) is 19.8 Å². The van der Waals surface area contributed by atoms with Gasteiger partial charge in [-0.3, -0.25) is 4.79 Å². The number of nitrogens with one attached hydrogen (secondary N) is 1. The summed E-state index contributed by atoms with van der Waals surface area (Å²) in [6.45, 7) is 4.19. The van der Waals surface area contributed by atoms with Gasteiger partial charge in [0.15, 0.2) is 0 Å². The molecule has 0 heterocycles. The molecule has 0 saturated carbocycles. The third-order valence-corrected chi connectivity index (χ3v) is 3.63. The van der Waals surface area contributed by atoms with Gasteiger partial charge in [0.2, 0.25) is 5.91 Å². The van der Waals surface area contributed by atoms with Crippen LogP contribution in [0.15, 0.2) is 48.5 Å². The van der Waals surface area contributed by atoms with Crippen LogP contribution >= 0.6 is 11.6 Å². The van der Waals surface area contributed by atoms with Crippen LogP contribution in [0.2, 0.25) is 5.02 Å². The summed E-state index contributed by atoms with van der Waals surface area (Å²) in [5, 5.41) is 3.41. The summed E-state index contributed by atoms with van der Waals surface area (Å²) in [7, 11) is 0. The van der Waals surface area contributed by atoms with Crippen LogP contribution in [-0.2, 0) is 4.79 Å². The predicted molar refractivity (Wildman–Crippen MR) is 94.1 cm³/mol. The average Bonchev–Trinajstić information content (AvgIpc) is 2.49. The molecule has 2 aromatic rings. The molecule has 0 spiro atoms. The average molecular weight is 315 g/mol. The second-order valence-corrected chi connectivity index (χ2v) is 5.75. The van der Waals surface area contributed by atoms with E-state index in [1.807, 2.05) is 30.3 Å². The molecule has 0 aromatic heterocycles. The van der Waals surface area contributed by atoms with Crippen molar-refractivity contribution in [2.75, 3.05) is 11.1 Å². The van der Waals surface area contributed by atoms with Crippen LogP contribution in [0.25, 0.3) is 6.08 Å². The van der Waals surface area contributed by atoms with Crippen LogP contribution in [0.5, 0.6) is 0 Å². The maximum Gasteiger partial charge on any atom is 0.248 e. The van der Waals surface area contributed by atoms with Crippen molar-refractivity contribution in [3.8, 4) is 0 Å². The molecule has 1 amide bonds.